The molecule has 2 amide bonds. The Morgan fingerprint density at radius 2 is 2.25 bits per heavy atom. The van der Waals surface area contributed by atoms with Crippen molar-refractivity contribution >= 4 is 17.8 Å². The maximum atomic E-state index is 11.3. The van der Waals surface area contributed by atoms with Gasteiger partial charge in [0.25, 0.3) is 0 Å². The molecule has 0 bridgehead atoms. The molecule has 0 saturated heterocycles. The Morgan fingerprint density at radius 3 is 2.67 bits per heavy atom. The first kappa shape index (κ1) is 11.6. The lowest BCUT2D eigenvalue weighted by molar-refractivity contribution is 0.199. The lowest BCUT2D eigenvalue weighted by Gasteiger charge is -2.24. The lowest BCUT2D eigenvalue weighted by Crippen LogP contribution is -2.43. The molecule has 0 aliphatic heterocycles. The first-order valence-corrected chi connectivity index (χ1v) is 5.52. The summed E-state index contributed by atoms with van der Waals surface area (Å²) in [5.74, 6) is 0.980. The monoisotopic (exact) mass is 190 g/mol. The largest absolute Gasteiger partial charge is 0.338 e. The van der Waals surface area contributed by atoms with Gasteiger partial charge in [-0.05, 0) is 20.1 Å². The lowest BCUT2D eigenvalue weighted by atomic mass is 10.3. The molecule has 1 unspecified atom stereocenters. The maximum absolute atomic E-state index is 11.3. The molecular weight excluding hydrogens is 172 g/mol. The summed E-state index contributed by atoms with van der Waals surface area (Å²) in [7, 11) is 1.83. The quantitative estimate of drug-likeness (QED) is 0.726. The van der Waals surface area contributed by atoms with E-state index in [0.717, 1.165) is 5.75 Å². The van der Waals surface area contributed by atoms with Crippen molar-refractivity contribution in [2.24, 2.45) is 0 Å². The third kappa shape index (κ3) is 3.85. The average Bonchev–Trinajstić information content (AvgIpc) is 2.04. The molecule has 0 aromatic rings. The average molecular weight is 190 g/mol. The molecule has 0 aliphatic carbocycles. The van der Waals surface area contributed by atoms with Crippen molar-refractivity contribution < 1.29 is 4.79 Å². The minimum atomic E-state index is 0.0130. The Hall–Kier alpha value is -0.380. The number of carbonyl (C=O) groups is 1. The summed E-state index contributed by atoms with van der Waals surface area (Å²) < 4.78 is 0. The number of hydrogen-bond donors (Lipinski definition) is 1. The molecule has 0 fully saturated rings. The Bertz CT molecular complexity index is 141. The maximum Gasteiger partial charge on any atom is 0.317 e. The van der Waals surface area contributed by atoms with Gasteiger partial charge in [0.15, 0.2) is 0 Å². The zero-order valence-corrected chi connectivity index (χ0v) is 9.07. The Morgan fingerprint density at radius 1 is 1.67 bits per heavy atom. The molecule has 0 heterocycles. The molecular formula is C8H18N2OS. The van der Waals surface area contributed by atoms with Gasteiger partial charge in [0, 0.05) is 25.4 Å². The molecule has 1 N–H and O–H groups in total. The van der Waals surface area contributed by atoms with Gasteiger partial charge < -0.3 is 10.2 Å². The number of amides is 2. The van der Waals surface area contributed by atoms with E-state index in [0.29, 0.717) is 12.6 Å². The second kappa shape index (κ2) is 6.17. The molecule has 0 spiro atoms. The van der Waals surface area contributed by atoms with Gasteiger partial charge in [-0.15, -0.1) is 0 Å². The van der Waals surface area contributed by atoms with Crippen molar-refractivity contribution in [3.8, 4) is 0 Å². The van der Waals surface area contributed by atoms with Gasteiger partial charge >= 0.3 is 6.03 Å². The molecule has 0 aromatic carbocycles. The van der Waals surface area contributed by atoms with Crippen LogP contribution < -0.4 is 5.32 Å². The topological polar surface area (TPSA) is 32.3 Å². The normalized spacial score (nSPS) is 12.3. The number of carbonyl (C=O) groups excluding carboxylic acids is 1. The van der Waals surface area contributed by atoms with Crippen LogP contribution in [0.3, 0.4) is 0 Å². The van der Waals surface area contributed by atoms with E-state index in [4.69, 9.17) is 0 Å². The number of urea groups is 1. The van der Waals surface area contributed by atoms with Crippen LogP contribution in [0.4, 0.5) is 4.79 Å². The summed E-state index contributed by atoms with van der Waals surface area (Å²) in [6, 6.07) is 0.311. The summed E-state index contributed by atoms with van der Waals surface area (Å²) in [6.45, 7) is 4.66. The number of nitrogens with one attached hydrogen (secondary N) is 1. The van der Waals surface area contributed by atoms with Crippen LogP contribution in [0.25, 0.3) is 0 Å². The highest BCUT2D eigenvalue weighted by Gasteiger charge is 2.13. The zero-order valence-electron chi connectivity index (χ0n) is 8.26. The number of thioether (sulfide) groups is 1. The van der Waals surface area contributed by atoms with Crippen LogP contribution in [0.1, 0.15) is 13.8 Å². The van der Waals surface area contributed by atoms with Crippen LogP contribution in [0, 0.1) is 0 Å². The van der Waals surface area contributed by atoms with Crippen LogP contribution >= 0.6 is 11.8 Å². The summed E-state index contributed by atoms with van der Waals surface area (Å²) >= 11 is 1.75. The fourth-order valence-electron chi connectivity index (χ4n) is 0.829. The second-order valence-corrected chi connectivity index (χ2v) is 3.66. The van der Waals surface area contributed by atoms with Crippen molar-refractivity contribution in [2.75, 3.05) is 25.6 Å². The van der Waals surface area contributed by atoms with Gasteiger partial charge in [-0.3, -0.25) is 0 Å². The first-order chi connectivity index (χ1) is 5.63. The van der Waals surface area contributed by atoms with Gasteiger partial charge in [0.05, 0.1) is 0 Å². The van der Waals surface area contributed by atoms with Gasteiger partial charge in [0.2, 0.25) is 0 Å². The van der Waals surface area contributed by atoms with E-state index in [2.05, 4.69) is 5.32 Å². The number of rotatable bonds is 4. The summed E-state index contributed by atoms with van der Waals surface area (Å²) in [6.07, 6.45) is 2.04. The standard InChI is InChI=1S/C8H18N2OS/c1-5-9-8(11)10(3)7(2)6-12-4/h7H,5-6H2,1-4H3,(H,9,11). The molecule has 0 saturated carbocycles. The van der Waals surface area contributed by atoms with E-state index in [9.17, 15) is 4.79 Å². The molecule has 0 radical (unpaired) electrons. The third-order valence-electron chi connectivity index (χ3n) is 1.72. The summed E-state index contributed by atoms with van der Waals surface area (Å²) in [4.78, 5) is 13.0. The Kier molecular flexibility index (Phi) is 5.98. The van der Waals surface area contributed by atoms with Gasteiger partial charge in [-0.25, -0.2) is 4.79 Å². The SMILES string of the molecule is CCNC(=O)N(C)C(C)CSC. The van der Waals surface area contributed by atoms with Crippen LogP contribution in [-0.2, 0) is 0 Å². The van der Waals surface area contributed by atoms with Gasteiger partial charge in [0.1, 0.15) is 0 Å². The van der Waals surface area contributed by atoms with E-state index >= 15 is 0 Å². The minimum Gasteiger partial charge on any atom is -0.338 e. The first-order valence-electron chi connectivity index (χ1n) is 4.13. The molecule has 0 aromatic heterocycles. The molecule has 1 atom stereocenters. The van der Waals surface area contributed by atoms with Gasteiger partial charge in [-0.1, -0.05) is 0 Å². The van der Waals surface area contributed by atoms with E-state index in [1.165, 1.54) is 0 Å². The highest BCUT2D eigenvalue weighted by molar-refractivity contribution is 7.98. The summed E-state index contributed by atoms with van der Waals surface area (Å²) in [5, 5.41) is 2.76. The zero-order chi connectivity index (χ0) is 9.56. The molecule has 72 valence electrons. The minimum absolute atomic E-state index is 0.0130. The van der Waals surface area contributed by atoms with Crippen LogP contribution in [0.5, 0.6) is 0 Å². The second-order valence-electron chi connectivity index (χ2n) is 2.75. The fraction of sp³-hybridized carbons (Fsp3) is 0.875. The van der Waals surface area contributed by atoms with Gasteiger partial charge in [-0.2, -0.15) is 11.8 Å². The highest BCUT2D eigenvalue weighted by Crippen LogP contribution is 2.03. The van der Waals surface area contributed by atoms with Crippen LogP contribution in [0.2, 0.25) is 0 Å². The van der Waals surface area contributed by atoms with Crippen LogP contribution in [0.15, 0.2) is 0 Å². The van der Waals surface area contributed by atoms with E-state index in [1.54, 1.807) is 16.7 Å². The fourth-order valence-corrected chi connectivity index (χ4v) is 1.54. The molecule has 12 heavy (non-hydrogen) atoms. The van der Waals surface area contributed by atoms with E-state index < -0.39 is 0 Å². The Balaban J connectivity index is 3.82. The van der Waals surface area contributed by atoms with E-state index in [1.807, 2.05) is 27.2 Å². The molecule has 0 aliphatic rings. The predicted molar refractivity (Wildman–Crippen MR) is 54.7 cm³/mol. The summed E-state index contributed by atoms with van der Waals surface area (Å²) in [5.41, 5.74) is 0. The molecule has 3 nitrogen and oxygen atoms in total. The molecule has 4 heteroatoms. The van der Waals surface area contributed by atoms with E-state index in [-0.39, 0.29) is 6.03 Å². The van der Waals surface area contributed by atoms with Crippen molar-refractivity contribution in [1.82, 2.24) is 10.2 Å². The highest BCUT2D eigenvalue weighted by atomic mass is 32.2. The smallest absolute Gasteiger partial charge is 0.317 e. The Labute approximate surface area is 78.9 Å². The van der Waals surface area contributed by atoms with Crippen molar-refractivity contribution in [3.05, 3.63) is 0 Å². The molecule has 0 rings (SSSR count). The van der Waals surface area contributed by atoms with Crippen LogP contribution in [-0.4, -0.2) is 42.6 Å². The van der Waals surface area contributed by atoms with Crippen molar-refractivity contribution in [3.63, 3.8) is 0 Å². The predicted octanol–water partition coefficient (Wildman–Crippen LogP) is 1.40. The van der Waals surface area contributed by atoms with Crippen molar-refractivity contribution in [1.29, 1.82) is 0 Å². The number of nitrogens with zero attached hydrogens (tertiary/aromatic N) is 1. The third-order valence-corrected chi connectivity index (χ3v) is 2.53. The van der Waals surface area contributed by atoms with Crippen molar-refractivity contribution in [2.45, 2.75) is 19.9 Å². The number of hydrogen-bond acceptors (Lipinski definition) is 2.